The van der Waals surface area contributed by atoms with Gasteiger partial charge in [0, 0.05) is 25.7 Å². The number of nitrogens with one attached hydrogen (secondary N) is 1. The van der Waals surface area contributed by atoms with Crippen molar-refractivity contribution in [2.24, 2.45) is 0 Å². The fraction of sp³-hybridized carbons (Fsp3) is 0.250. The van der Waals surface area contributed by atoms with Gasteiger partial charge in [-0.25, -0.2) is 8.78 Å². The molecule has 1 N–H and O–H groups in total. The van der Waals surface area contributed by atoms with E-state index < -0.39 is 17.5 Å². The number of methoxy groups -OCH3 is 1. The Morgan fingerprint density at radius 1 is 1.44 bits per heavy atom. The van der Waals surface area contributed by atoms with Gasteiger partial charge < -0.3 is 14.8 Å². The molecule has 98 valence electrons. The largest absolute Gasteiger partial charge is 0.473 e. The zero-order valence-electron chi connectivity index (χ0n) is 10.00. The second kappa shape index (κ2) is 6.70. The minimum absolute atomic E-state index is 0.0303. The molecule has 1 aromatic carbocycles. The molecule has 0 aliphatic rings. The average molecular weight is 257 g/mol. The molecule has 18 heavy (non-hydrogen) atoms. The lowest BCUT2D eigenvalue weighted by Crippen LogP contribution is -2.19. The number of hydrogen-bond donors (Lipinski definition) is 1. The van der Waals surface area contributed by atoms with E-state index in [1.807, 2.05) is 0 Å². The Morgan fingerprint density at radius 2 is 2.17 bits per heavy atom. The van der Waals surface area contributed by atoms with E-state index in [0.29, 0.717) is 0 Å². The van der Waals surface area contributed by atoms with Gasteiger partial charge in [-0.2, -0.15) is 0 Å². The van der Waals surface area contributed by atoms with Crippen molar-refractivity contribution in [3.63, 3.8) is 0 Å². The highest BCUT2D eigenvalue weighted by Gasteiger charge is 2.10. The van der Waals surface area contributed by atoms with Crippen LogP contribution in [0, 0.1) is 11.6 Å². The predicted molar refractivity (Wildman–Crippen MR) is 61.1 cm³/mol. The molecule has 0 saturated carbocycles. The lowest BCUT2D eigenvalue weighted by Gasteiger charge is -2.10. The van der Waals surface area contributed by atoms with Gasteiger partial charge in [0.2, 0.25) is 5.91 Å². The number of ether oxygens (including phenoxy) is 2. The van der Waals surface area contributed by atoms with E-state index in [-0.39, 0.29) is 18.1 Å². The Bertz CT molecular complexity index is 461. The van der Waals surface area contributed by atoms with Crippen LogP contribution < -0.4 is 5.32 Å². The average Bonchev–Trinajstić information content (AvgIpc) is 2.27. The van der Waals surface area contributed by atoms with Gasteiger partial charge in [0.05, 0.1) is 5.70 Å². The third kappa shape index (κ3) is 4.14. The molecular weight excluding hydrogens is 244 g/mol. The molecule has 0 heterocycles. The summed E-state index contributed by atoms with van der Waals surface area (Å²) in [6.07, 6.45) is 1.14. The van der Waals surface area contributed by atoms with E-state index in [2.05, 4.69) is 10.1 Å². The molecule has 6 heteroatoms. The van der Waals surface area contributed by atoms with Gasteiger partial charge in [-0.1, -0.05) is 0 Å². The molecule has 0 atom stereocenters. The molecule has 0 saturated heterocycles. The monoisotopic (exact) mass is 257 g/mol. The first-order valence-corrected chi connectivity index (χ1v) is 5.08. The maximum atomic E-state index is 13.5. The first-order chi connectivity index (χ1) is 8.54. The topological polar surface area (TPSA) is 47.6 Å². The molecule has 1 aromatic rings. The standard InChI is InChI=1S/C12H13F2NO3/c1-8(16)15-12(6-18-7-17-2)10-4-3-9(13)5-11(10)14/h3-6H,7H2,1-2H3,(H,15,16)/b12-6+. The highest BCUT2D eigenvalue weighted by Crippen LogP contribution is 2.17. The Kier molecular flexibility index (Phi) is 5.26. The van der Waals surface area contributed by atoms with Crippen LogP contribution in [0.25, 0.3) is 5.70 Å². The molecule has 0 aliphatic heterocycles. The summed E-state index contributed by atoms with van der Waals surface area (Å²) in [5.74, 6) is -1.89. The first kappa shape index (κ1) is 14.1. The molecule has 0 unspecified atom stereocenters. The van der Waals surface area contributed by atoms with Crippen LogP contribution in [0.15, 0.2) is 24.5 Å². The summed E-state index contributed by atoms with van der Waals surface area (Å²) < 4.78 is 35.9. The van der Waals surface area contributed by atoms with Gasteiger partial charge in [-0.15, -0.1) is 0 Å². The van der Waals surface area contributed by atoms with Gasteiger partial charge in [0.1, 0.15) is 17.9 Å². The Balaban J connectivity index is 3.01. The fourth-order valence-electron chi connectivity index (χ4n) is 1.24. The van der Waals surface area contributed by atoms with Crippen LogP contribution in [0.2, 0.25) is 0 Å². The predicted octanol–water partition coefficient (Wildman–Crippen LogP) is 2.02. The molecule has 4 nitrogen and oxygen atoms in total. The first-order valence-electron chi connectivity index (χ1n) is 5.08. The van der Waals surface area contributed by atoms with Crippen molar-refractivity contribution in [1.82, 2.24) is 5.32 Å². The van der Waals surface area contributed by atoms with E-state index in [1.165, 1.54) is 20.1 Å². The summed E-state index contributed by atoms with van der Waals surface area (Å²) in [5, 5.41) is 2.39. The lowest BCUT2D eigenvalue weighted by atomic mass is 10.1. The van der Waals surface area contributed by atoms with Crippen LogP contribution in [0.3, 0.4) is 0 Å². The summed E-state index contributed by atoms with van der Waals surface area (Å²) >= 11 is 0. The van der Waals surface area contributed by atoms with E-state index >= 15 is 0 Å². The molecule has 1 rings (SSSR count). The summed E-state index contributed by atoms with van der Waals surface area (Å²) in [6, 6.07) is 3.02. The molecule has 0 fully saturated rings. The van der Waals surface area contributed by atoms with Crippen LogP contribution in [-0.2, 0) is 14.3 Å². The molecule has 0 radical (unpaired) electrons. The zero-order valence-corrected chi connectivity index (χ0v) is 10.00. The molecule has 0 spiro atoms. The molecular formula is C12H13F2NO3. The highest BCUT2D eigenvalue weighted by molar-refractivity contribution is 5.84. The number of rotatable bonds is 5. The van der Waals surface area contributed by atoms with Crippen LogP contribution >= 0.6 is 0 Å². The minimum atomic E-state index is -0.795. The van der Waals surface area contributed by atoms with Crippen molar-refractivity contribution in [3.8, 4) is 0 Å². The van der Waals surface area contributed by atoms with Gasteiger partial charge in [0.15, 0.2) is 6.79 Å². The van der Waals surface area contributed by atoms with E-state index in [4.69, 9.17) is 4.74 Å². The lowest BCUT2D eigenvalue weighted by molar-refractivity contribution is -0.117. The van der Waals surface area contributed by atoms with Gasteiger partial charge in [-0.3, -0.25) is 4.79 Å². The second-order valence-electron chi connectivity index (χ2n) is 3.41. The van der Waals surface area contributed by atoms with Crippen molar-refractivity contribution in [3.05, 3.63) is 41.7 Å². The number of carbonyl (C=O) groups is 1. The summed E-state index contributed by atoms with van der Waals surface area (Å²) in [4.78, 5) is 11.0. The van der Waals surface area contributed by atoms with Crippen molar-refractivity contribution in [2.45, 2.75) is 6.92 Å². The zero-order chi connectivity index (χ0) is 13.5. The van der Waals surface area contributed by atoms with Crippen molar-refractivity contribution < 1.29 is 23.0 Å². The summed E-state index contributed by atoms with van der Waals surface area (Å²) in [5.41, 5.74) is 0.125. The Labute approximate surface area is 103 Å². The van der Waals surface area contributed by atoms with Crippen LogP contribution in [0.1, 0.15) is 12.5 Å². The normalized spacial score (nSPS) is 11.2. The van der Waals surface area contributed by atoms with Crippen molar-refractivity contribution in [1.29, 1.82) is 0 Å². The molecule has 0 aliphatic carbocycles. The number of carbonyl (C=O) groups excluding carboxylic acids is 1. The van der Waals surface area contributed by atoms with E-state index in [0.717, 1.165) is 18.4 Å². The van der Waals surface area contributed by atoms with Crippen LogP contribution in [0.4, 0.5) is 8.78 Å². The fourth-order valence-corrected chi connectivity index (χ4v) is 1.24. The van der Waals surface area contributed by atoms with Gasteiger partial charge in [-0.05, 0) is 12.1 Å². The minimum Gasteiger partial charge on any atom is -0.473 e. The maximum Gasteiger partial charge on any atom is 0.221 e. The van der Waals surface area contributed by atoms with Crippen LogP contribution in [0.5, 0.6) is 0 Å². The third-order valence-corrected chi connectivity index (χ3v) is 1.92. The molecule has 0 bridgehead atoms. The van der Waals surface area contributed by atoms with Crippen LogP contribution in [-0.4, -0.2) is 19.8 Å². The molecule has 0 aromatic heterocycles. The van der Waals surface area contributed by atoms with Gasteiger partial charge >= 0.3 is 0 Å². The summed E-state index contributed by atoms with van der Waals surface area (Å²) in [6.45, 7) is 1.22. The number of halogens is 2. The molecule has 1 amide bonds. The van der Waals surface area contributed by atoms with Crippen molar-refractivity contribution in [2.75, 3.05) is 13.9 Å². The van der Waals surface area contributed by atoms with Crippen molar-refractivity contribution >= 4 is 11.6 Å². The summed E-state index contributed by atoms with van der Waals surface area (Å²) in [7, 11) is 1.42. The van der Waals surface area contributed by atoms with E-state index in [1.54, 1.807) is 0 Å². The SMILES string of the molecule is COCO/C=C(/NC(C)=O)c1ccc(F)cc1F. The quantitative estimate of drug-likeness (QED) is 0.498. The Hall–Kier alpha value is -1.95. The number of hydrogen-bond acceptors (Lipinski definition) is 3. The smallest absolute Gasteiger partial charge is 0.221 e. The maximum absolute atomic E-state index is 13.5. The second-order valence-corrected chi connectivity index (χ2v) is 3.41. The van der Waals surface area contributed by atoms with Gasteiger partial charge in [0.25, 0.3) is 0 Å². The number of benzene rings is 1. The van der Waals surface area contributed by atoms with E-state index in [9.17, 15) is 13.6 Å². The Morgan fingerprint density at radius 3 is 2.72 bits per heavy atom. The highest BCUT2D eigenvalue weighted by atomic mass is 19.1. The number of amides is 1. The third-order valence-electron chi connectivity index (χ3n) is 1.92.